The molecule has 2 amide bonds. The van der Waals surface area contributed by atoms with Gasteiger partial charge in [0.1, 0.15) is 0 Å². The van der Waals surface area contributed by atoms with Crippen molar-refractivity contribution in [1.29, 1.82) is 0 Å². The van der Waals surface area contributed by atoms with Crippen molar-refractivity contribution < 1.29 is 9.59 Å². The molecule has 0 aromatic carbocycles. The van der Waals surface area contributed by atoms with E-state index in [1.807, 2.05) is 13.8 Å². The van der Waals surface area contributed by atoms with Crippen LogP contribution in [0.3, 0.4) is 0 Å². The van der Waals surface area contributed by atoms with Gasteiger partial charge in [-0.1, -0.05) is 13.8 Å². The fourth-order valence-electron chi connectivity index (χ4n) is 1.74. The van der Waals surface area contributed by atoms with Crippen LogP contribution in [0.4, 0.5) is 0 Å². The third-order valence-corrected chi connectivity index (χ3v) is 3.04. The molecule has 1 saturated heterocycles. The summed E-state index contributed by atoms with van der Waals surface area (Å²) in [6.45, 7) is 7.86. The van der Waals surface area contributed by atoms with E-state index in [1.165, 1.54) is 0 Å². The predicted octanol–water partition coefficient (Wildman–Crippen LogP) is -0.340. The van der Waals surface area contributed by atoms with Crippen LogP contribution in [0.1, 0.15) is 20.8 Å². The molecule has 0 aliphatic carbocycles. The van der Waals surface area contributed by atoms with E-state index in [1.54, 1.807) is 16.7 Å². The van der Waals surface area contributed by atoms with E-state index in [-0.39, 0.29) is 17.7 Å². The lowest BCUT2D eigenvalue weighted by Gasteiger charge is -2.36. The quantitative estimate of drug-likeness (QED) is 0.702. The predicted molar refractivity (Wildman–Crippen MR) is 61.6 cm³/mol. The highest BCUT2D eigenvalue weighted by molar-refractivity contribution is 5.82. The average molecular weight is 227 g/mol. The zero-order valence-corrected chi connectivity index (χ0v) is 10.3. The van der Waals surface area contributed by atoms with E-state index in [9.17, 15) is 9.59 Å². The summed E-state index contributed by atoms with van der Waals surface area (Å²) in [6.07, 6.45) is 0. The summed E-state index contributed by atoms with van der Waals surface area (Å²) in [4.78, 5) is 26.5. The maximum Gasteiger partial charge on any atom is 0.239 e. The molecule has 92 valence electrons. The minimum absolute atomic E-state index is 0.00166. The number of hydrogen-bond donors (Lipinski definition) is 1. The van der Waals surface area contributed by atoms with E-state index >= 15 is 0 Å². The van der Waals surface area contributed by atoms with Gasteiger partial charge in [0.15, 0.2) is 0 Å². The summed E-state index contributed by atoms with van der Waals surface area (Å²) >= 11 is 0. The smallest absolute Gasteiger partial charge is 0.239 e. The lowest BCUT2D eigenvalue weighted by Crippen LogP contribution is -2.55. The highest BCUT2D eigenvalue weighted by Gasteiger charge is 2.27. The van der Waals surface area contributed by atoms with E-state index < -0.39 is 6.04 Å². The lowest BCUT2D eigenvalue weighted by atomic mass is 10.0. The van der Waals surface area contributed by atoms with Crippen LogP contribution in [-0.4, -0.2) is 53.8 Å². The van der Waals surface area contributed by atoms with Crippen molar-refractivity contribution in [1.82, 2.24) is 9.80 Å². The first-order chi connectivity index (χ1) is 7.43. The Morgan fingerprint density at radius 2 is 1.50 bits per heavy atom. The Morgan fingerprint density at radius 1 is 1.06 bits per heavy atom. The summed E-state index contributed by atoms with van der Waals surface area (Å²) in [5.41, 5.74) is 5.81. The second-order valence-corrected chi connectivity index (χ2v) is 4.60. The molecule has 5 nitrogen and oxygen atoms in total. The van der Waals surface area contributed by atoms with Crippen molar-refractivity contribution in [2.24, 2.45) is 11.7 Å². The van der Waals surface area contributed by atoms with Crippen LogP contribution in [0.25, 0.3) is 0 Å². The van der Waals surface area contributed by atoms with Gasteiger partial charge in [-0.05, 0) is 5.92 Å². The minimum atomic E-state index is -0.427. The fourth-order valence-corrected chi connectivity index (χ4v) is 1.74. The molecule has 1 aliphatic rings. The lowest BCUT2D eigenvalue weighted by molar-refractivity contribution is -0.139. The van der Waals surface area contributed by atoms with Crippen LogP contribution in [0.5, 0.6) is 0 Å². The van der Waals surface area contributed by atoms with E-state index in [0.29, 0.717) is 26.2 Å². The molecule has 0 unspecified atom stereocenters. The highest BCUT2D eigenvalue weighted by Crippen LogP contribution is 2.07. The van der Waals surface area contributed by atoms with E-state index in [0.717, 1.165) is 0 Å². The van der Waals surface area contributed by atoms with Gasteiger partial charge < -0.3 is 15.5 Å². The Balaban J connectivity index is 2.47. The normalized spacial score (nSPS) is 18.8. The number of rotatable bonds is 2. The molecule has 1 rings (SSSR count). The van der Waals surface area contributed by atoms with Crippen LogP contribution in [0.2, 0.25) is 0 Å². The van der Waals surface area contributed by atoms with Crippen molar-refractivity contribution in [3.63, 3.8) is 0 Å². The summed E-state index contributed by atoms with van der Waals surface area (Å²) < 4.78 is 0. The Hall–Kier alpha value is -1.10. The topological polar surface area (TPSA) is 66.6 Å². The molecule has 16 heavy (non-hydrogen) atoms. The van der Waals surface area contributed by atoms with Crippen molar-refractivity contribution in [2.45, 2.75) is 26.8 Å². The number of carbonyl (C=O) groups is 2. The van der Waals surface area contributed by atoms with Gasteiger partial charge >= 0.3 is 0 Å². The Morgan fingerprint density at radius 3 is 1.88 bits per heavy atom. The molecule has 1 fully saturated rings. The first kappa shape index (κ1) is 13.0. The number of piperazine rings is 1. The highest BCUT2D eigenvalue weighted by atomic mass is 16.2. The molecular weight excluding hydrogens is 206 g/mol. The van der Waals surface area contributed by atoms with Gasteiger partial charge in [-0.25, -0.2) is 0 Å². The van der Waals surface area contributed by atoms with E-state index in [4.69, 9.17) is 5.73 Å². The van der Waals surface area contributed by atoms with Gasteiger partial charge in [-0.3, -0.25) is 9.59 Å². The first-order valence-electron chi connectivity index (χ1n) is 5.73. The van der Waals surface area contributed by atoms with Gasteiger partial charge in [0, 0.05) is 33.1 Å². The number of hydrogen-bond acceptors (Lipinski definition) is 3. The fraction of sp³-hybridized carbons (Fsp3) is 0.818. The van der Waals surface area contributed by atoms with Gasteiger partial charge in [-0.2, -0.15) is 0 Å². The maximum atomic E-state index is 11.9. The molecule has 0 aromatic rings. The third-order valence-electron chi connectivity index (χ3n) is 3.04. The molecule has 0 saturated carbocycles. The van der Waals surface area contributed by atoms with Crippen molar-refractivity contribution >= 4 is 11.8 Å². The zero-order chi connectivity index (χ0) is 12.3. The third kappa shape index (κ3) is 2.95. The number of carbonyl (C=O) groups excluding carboxylic acids is 2. The van der Waals surface area contributed by atoms with Crippen LogP contribution in [0, 0.1) is 5.92 Å². The molecule has 0 bridgehead atoms. The van der Waals surface area contributed by atoms with Gasteiger partial charge in [0.2, 0.25) is 11.8 Å². The number of amides is 2. The molecular formula is C11H21N3O2. The number of nitrogens with two attached hydrogens (primary N) is 1. The Labute approximate surface area is 96.6 Å². The van der Waals surface area contributed by atoms with Crippen molar-refractivity contribution in [3.05, 3.63) is 0 Å². The molecule has 5 heteroatoms. The monoisotopic (exact) mass is 227 g/mol. The molecule has 2 N–H and O–H groups in total. The summed E-state index contributed by atoms with van der Waals surface area (Å²) in [5.74, 6) is 0.219. The molecule has 0 aromatic heterocycles. The molecule has 0 spiro atoms. The standard InChI is InChI=1S/C11H21N3O2/c1-8(2)10(12)11(16)14-6-4-13(5-7-14)9(3)15/h8,10H,4-7,12H2,1-3H3/t10-/m1/s1. The Bertz CT molecular complexity index is 270. The van der Waals surface area contributed by atoms with Crippen LogP contribution in [-0.2, 0) is 9.59 Å². The van der Waals surface area contributed by atoms with Gasteiger partial charge in [-0.15, -0.1) is 0 Å². The zero-order valence-electron chi connectivity index (χ0n) is 10.3. The average Bonchev–Trinajstić information content (AvgIpc) is 2.27. The second kappa shape index (κ2) is 5.30. The van der Waals surface area contributed by atoms with Crippen molar-refractivity contribution in [3.8, 4) is 0 Å². The SMILES string of the molecule is CC(=O)N1CCN(C(=O)[C@H](N)C(C)C)CC1. The van der Waals surface area contributed by atoms with Gasteiger partial charge in [0.25, 0.3) is 0 Å². The molecule has 1 atom stereocenters. The molecule has 1 heterocycles. The molecule has 1 aliphatic heterocycles. The summed E-state index contributed by atoms with van der Waals surface area (Å²) in [7, 11) is 0. The minimum Gasteiger partial charge on any atom is -0.339 e. The largest absolute Gasteiger partial charge is 0.339 e. The first-order valence-corrected chi connectivity index (χ1v) is 5.73. The Kier molecular flexibility index (Phi) is 4.29. The van der Waals surface area contributed by atoms with Crippen molar-refractivity contribution in [2.75, 3.05) is 26.2 Å². The second-order valence-electron chi connectivity index (χ2n) is 4.60. The van der Waals surface area contributed by atoms with E-state index in [2.05, 4.69) is 0 Å². The van der Waals surface area contributed by atoms with Gasteiger partial charge in [0.05, 0.1) is 6.04 Å². The number of nitrogens with zero attached hydrogens (tertiary/aromatic N) is 2. The van der Waals surface area contributed by atoms with Crippen LogP contribution < -0.4 is 5.73 Å². The maximum absolute atomic E-state index is 11.9. The van der Waals surface area contributed by atoms with Crippen LogP contribution >= 0.6 is 0 Å². The van der Waals surface area contributed by atoms with Crippen LogP contribution in [0.15, 0.2) is 0 Å². The molecule has 0 radical (unpaired) electrons. The summed E-state index contributed by atoms with van der Waals surface area (Å²) in [5, 5.41) is 0. The summed E-state index contributed by atoms with van der Waals surface area (Å²) in [6, 6.07) is -0.427.